The predicted octanol–water partition coefficient (Wildman–Crippen LogP) is 13.3. The minimum absolute atomic E-state index is 0.0671. The van der Waals surface area contributed by atoms with Gasteiger partial charge in [0.25, 0.3) is 0 Å². The molecule has 2 aliphatic rings. The van der Waals surface area contributed by atoms with E-state index >= 15 is 0 Å². The maximum atomic E-state index is 2.46. The lowest BCUT2D eigenvalue weighted by Gasteiger charge is -2.25. The van der Waals surface area contributed by atoms with Gasteiger partial charge in [0.15, 0.2) is 0 Å². The van der Waals surface area contributed by atoms with Crippen LogP contribution in [0.2, 0.25) is 0 Å². The van der Waals surface area contributed by atoms with Crippen molar-refractivity contribution in [3.8, 4) is 22.5 Å². The molecular formula is C51H34N2. The van der Waals surface area contributed by atoms with E-state index in [0.29, 0.717) is 0 Å². The predicted molar refractivity (Wildman–Crippen MR) is 223 cm³/mol. The summed E-state index contributed by atoms with van der Waals surface area (Å²) in [5, 5.41) is 7.77. The van der Waals surface area contributed by atoms with E-state index in [-0.39, 0.29) is 5.41 Å². The van der Waals surface area contributed by atoms with Crippen LogP contribution < -0.4 is 0 Å². The smallest absolute Gasteiger partial charge is 0.0542 e. The molecule has 53 heavy (non-hydrogen) atoms. The van der Waals surface area contributed by atoms with E-state index in [1.165, 1.54) is 110 Å². The number of hydrogen-bond acceptors (Lipinski definition) is 0. The summed E-state index contributed by atoms with van der Waals surface area (Å²) in [4.78, 5) is 0. The molecule has 2 heterocycles. The molecule has 0 fully saturated rings. The third-order valence-corrected chi connectivity index (χ3v) is 12.2. The Balaban J connectivity index is 1.04. The van der Waals surface area contributed by atoms with Crippen molar-refractivity contribution in [2.24, 2.45) is 0 Å². The van der Waals surface area contributed by atoms with Gasteiger partial charge in [-0.25, -0.2) is 0 Å². The Kier molecular flexibility index (Phi) is 5.60. The van der Waals surface area contributed by atoms with Crippen molar-refractivity contribution < 1.29 is 0 Å². The lowest BCUT2D eigenvalue weighted by molar-refractivity contribution is 0.705. The van der Waals surface area contributed by atoms with Crippen LogP contribution >= 0.6 is 0 Å². The highest BCUT2D eigenvalue weighted by atomic mass is 15.0. The lowest BCUT2D eigenvalue weighted by Crippen LogP contribution is -2.16. The van der Waals surface area contributed by atoms with Crippen LogP contribution in [0, 0.1) is 0 Å². The molecule has 12 rings (SSSR count). The molecular weight excluding hydrogens is 641 g/mol. The van der Waals surface area contributed by atoms with Crippen LogP contribution in [0.3, 0.4) is 0 Å². The van der Waals surface area contributed by atoms with Gasteiger partial charge in [0.05, 0.1) is 22.1 Å². The third kappa shape index (κ3) is 3.77. The average Bonchev–Trinajstić information content (AvgIpc) is 3.90. The van der Waals surface area contributed by atoms with Crippen LogP contribution in [0.5, 0.6) is 0 Å². The van der Waals surface area contributed by atoms with E-state index in [1.807, 2.05) is 0 Å². The molecule has 2 aliphatic carbocycles. The molecule has 0 amide bonds. The maximum absolute atomic E-state index is 2.46. The summed E-state index contributed by atoms with van der Waals surface area (Å²) in [6.07, 6.45) is 0. The minimum Gasteiger partial charge on any atom is -0.309 e. The fourth-order valence-corrected chi connectivity index (χ4v) is 9.95. The van der Waals surface area contributed by atoms with Gasteiger partial charge in [-0.1, -0.05) is 123 Å². The molecule has 0 atom stereocenters. The van der Waals surface area contributed by atoms with Crippen LogP contribution in [0.1, 0.15) is 36.1 Å². The zero-order chi connectivity index (χ0) is 35.0. The second kappa shape index (κ2) is 10.2. The van der Waals surface area contributed by atoms with Crippen LogP contribution in [-0.2, 0) is 5.41 Å². The Morgan fingerprint density at radius 3 is 1.74 bits per heavy atom. The Labute approximate surface area is 307 Å². The molecule has 0 unspecified atom stereocenters. The van der Waals surface area contributed by atoms with Crippen LogP contribution in [0.15, 0.2) is 170 Å². The highest BCUT2D eigenvalue weighted by Crippen LogP contribution is 2.59. The number of rotatable bonds is 3. The van der Waals surface area contributed by atoms with Crippen molar-refractivity contribution in [3.63, 3.8) is 0 Å². The molecule has 248 valence electrons. The Bertz CT molecular complexity index is 3230. The summed E-state index contributed by atoms with van der Waals surface area (Å²) in [7, 11) is 0. The molecule has 2 aromatic heterocycles. The number of hydrogen-bond donors (Lipinski definition) is 0. The molecule has 0 saturated heterocycles. The second-order valence-corrected chi connectivity index (χ2v) is 15.3. The fourth-order valence-electron chi connectivity index (χ4n) is 9.95. The van der Waals surface area contributed by atoms with Gasteiger partial charge < -0.3 is 9.13 Å². The molecule has 0 radical (unpaired) electrons. The first-order chi connectivity index (χ1) is 26.1. The second-order valence-electron chi connectivity index (χ2n) is 15.3. The Hall–Kier alpha value is -6.64. The van der Waals surface area contributed by atoms with E-state index in [0.717, 1.165) is 0 Å². The number of benzene rings is 8. The van der Waals surface area contributed by atoms with Gasteiger partial charge >= 0.3 is 0 Å². The molecule has 0 bridgehead atoms. The van der Waals surface area contributed by atoms with Crippen LogP contribution in [-0.4, -0.2) is 9.13 Å². The van der Waals surface area contributed by atoms with E-state index in [2.05, 4.69) is 193 Å². The normalized spacial score (nSPS) is 14.3. The third-order valence-electron chi connectivity index (χ3n) is 12.2. The van der Waals surface area contributed by atoms with Gasteiger partial charge in [0.1, 0.15) is 0 Å². The molecule has 2 heteroatoms. The van der Waals surface area contributed by atoms with Crippen molar-refractivity contribution in [2.45, 2.75) is 19.3 Å². The van der Waals surface area contributed by atoms with Crippen molar-refractivity contribution >= 4 is 65.5 Å². The minimum atomic E-state index is -0.0671. The van der Waals surface area contributed by atoms with Gasteiger partial charge in [-0.3, -0.25) is 0 Å². The molecule has 0 aliphatic heterocycles. The number of allylic oxidation sites excluding steroid dienone is 1. The quantitative estimate of drug-likeness (QED) is 0.177. The molecule has 10 aromatic rings. The summed E-state index contributed by atoms with van der Waals surface area (Å²) >= 11 is 0. The summed E-state index contributed by atoms with van der Waals surface area (Å²) in [6, 6.07) is 63.1. The highest BCUT2D eigenvalue weighted by Gasteiger charge is 2.43. The first kappa shape index (κ1) is 29.0. The molecule has 0 N–H and O–H groups in total. The van der Waals surface area contributed by atoms with Crippen molar-refractivity contribution in [1.82, 2.24) is 9.13 Å². The summed E-state index contributed by atoms with van der Waals surface area (Å²) in [5.74, 6) is 0. The number of fused-ring (bicyclic) bond motifs is 10. The molecule has 0 spiro atoms. The van der Waals surface area contributed by atoms with E-state index in [1.54, 1.807) is 0 Å². The number of para-hydroxylation sites is 3. The molecule has 8 aromatic carbocycles. The zero-order valence-corrected chi connectivity index (χ0v) is 29.6. The Morgan fingerprint density at radius 1 is 0.396 bits per heavy atom. The van der Waals surface area contributed by atoms with Gasteiger partial charge in [0, 0.05) is 38.3 Å². The van der Waals surface area contributed by atoms with Crippen molar-refractivity contribution in [3.05, 3.63) is 192 Å². The first-order valence-electron chi connectivity index (χ1n) is 18.6. The number of nitrogens with zero attached hydrogens (tertiary/aromatic N) is 2. The largest absolute Gasteiger partial charge is 0.309 e. The van der Waals surface area contributed by atoms with Gasteiger partial charge in [-0.2, -0.15) is 0 Å². The average molecular weight is 675 g/mol. The number of aromatic nitrogens is 2. The molecule has 2 nitrogen and oxygen atoms in total. The zero-order valence-electron chi connectivity index (χ0n) is 29.6. The van der Waals surface area contributed by atoms with Gasteiger partial charge in [-0.15, -0.1) is 0 Å². The van der Waals surface area contributed by atoms with Crippen LogP contribution in [0.4, 0.5) is 0 Å². The first-order valence-corrected chi connectivity index (χ1v) is 18.6. The standard InChI is InChI=1S/C51H34N2/c1-51(2)43-25-22-32(29-42(43)49-38-18-10-12-31-13-11-19-39(48(31)38)50(49)51)33-23-26-46-40(28-33)36-16-6-9-21-45(36)53(46)35-24-27-47-41(30-35)37-17-7-8-20-44(37)52(47)34-14-4-3-5-15-34/h3-30H,1-2H3. The monoisotopic (exact) mass is 674 g/mol. The SMILES string of the molecule is CC1(C)C2=C(c3cc(-c4ccc5c(c4)c4ccccc4n5-c4ccc5c(c4)c4ccccc4n5-c4ccccc4)ccc31)c1cccc3cccc2c13. The van der Waals surface area contributed by atoms with E-state index in [4.69, 9.17) is 0 Å². The molecule has 0 saturated carbocycles. The van der Waals surface area contributed by atoms with Crippen LogP contribution in [0.25, 0.3) is 88.0 Å². The van der Waals surface area contributed by atoms with Gasteiger partial charge in [0.2, 0.25) is 0 Å². The lowest BCUT2D eigenvalue weighted by atomic mass is 9.78. The topological polar surface area (TPSA) is 9.86 Å². The fraction of sp³-hybridized carbons (Fsp3) is 0.0588. The van der Waals surface area contributed by atoms with E-state index < -0.39 is 0 Å². The maximum Gasteiger partial charge on any atom is 0.0542 e. The van der Waals surface area contributed by atoms with E-state index in [9.17, 15) is 0 Å². The van der Waals surface area contributed by atoms with Crippen molar-refractivity contribution in [2.75, 3.05) is 0 Å². The highest BCUT2D eigenvalue weighted by molar-refractivity contribution is 6.22. The summed E-state index contributed by atoms with van der Waals surface area (Å²) in [5.41, 5.74) is 18.1. The van der Waals surface area contributed by atoms with Gasteiger partial charge in [-0.05, 0) is 116 Å². The summed E-state index contributed by atoms with van der Waals surface area (Å²) < 4.78 is 4.83. The van der Waals surface area contributed by atoms with Crippen molar-refractivity contribution in [1.29, 1.82) is 0 Å². The Morgan fingerprint density at radius 2 is 0.981 bits per heavy atom. The summed E-state index contributed by atoms with van der Waals surface area (Å²) in [6.45, 7) is 4.80.